The summed E-state index contributed by atoms with van der Waals surface area (Å²) >= 11 is 6.95. The van der Waals surface area contributed by atoms with Gasteiger partial charge >= 0.3 is 5.69 Å². The van der Waals surface area contributed by atoms with Gasteiger partial charge in [-0.25, -0.2) is 13.8 Å². The molecule has 0 bridgehead atoms. The van der Waals surface area contributed by atoms with E-state index in [4.69, 9.17) is 11.6 Å². The molecule has 0 fully saturated rings. The van der Waals surface area contributed by atoms with E-state index in [0.29, 0.717) is 0 Å². The third-order valence-electron chi connectivity index (χ3n) is 1.62. The Morgan fingerprint density at radius 3 is 2.67 bits per heavy atom. The predicted molar refractivity (Wildman–Crippen MR) is 58.1 cm³/mol. The summed E-state index contributed by atoms with van der Waals surface area (Å²) < 4.78 is 24.8. The molecule has 15 heavy (non-hydrogen) atoms. The SMILES string of the molecule is O=[N+]([O-])c1cc(CCl)c(C(F)F)nc1I. The van der Waals surface area contributed by atoms with Crippen LogP contribution in [0.1, 0.15) is 17.7 Å². The van der Waals surface area contributed by atoms with Gasteiger partial charge in [0.2, 0.25) is 0 Å². The van der Waals surface area contributed by atoms with Gasteiger partial charge in [0.1, 0.15) is 5.69 Å². The van der Waals surface area contributed by atoms with E-state index in [1.165, 1.54) is 22.6 Å². The zero-order valence-electron chi connectivity index (χ0n) is 7.08. The maximum Gasteiger partial charge on any atom is 0.301 e. The average molecular weight is 348 g/mol. The quantitative estimate of drug-likeness (QED) is 0.277. The monoisotopic (exact) mass is 348 g/mol. The van der Waals surface area contributed by atoms with Crippen LogP contribution in [-0.2, 0) is 5.88 Å². The zero-order valence-corrected chi connectivity index (χ0v) is 10.00. The number of halogens is 4. The van der Waals surface area contributed by atoms with E-state index >= 15 is 0 Å². The van der Waals surface area contributed by atoms with Gasteiger partial charge in [-0.1, -0.05) is 0 Å². The number of alkyl halides is 3. The van der Waals surface area contributed by atoms with Gasteiger partial charge in [0.25, 0.3) is 6.43 Å². The summed E-state index contributed by atoms with van der Waals surface area (Å²) in [6.07, 6.45) is -2.78. The third-order valence-corrected chi connectivity index (χ3v) is 2.70. The molecule has 4 nitrogen and oxygen atoms in total. The highest BCUT2D eigenvalue weighted by atomic mass is 127. The molecule has 0 radical (unpaired) electrons. The van der Waals surface area contributed by atoms with Gasteiger partial charge in [0, 0.05) is 17.5 Å². The van der Waals surface area contributed by atoms with E-state index in [0.717, 1.165) is 6.07 Å². The summed E-state index contributed by atoms with van der Waals surface area (Å²) in [4.78, 5) is 13.3. The summed E-state index contributed by atoms with van der Waals surface area (Å²) in [7, 11) is 0. The summed E-state index contributed by atoms with van der Waals surface area (Å²) in [5.74, 6) is -0.232. The number of hydrogen-bond donors (Lipinski definition) is 0. The molecule has 0 unspecified atom stereocenters. The molecule has 0 aromatic carbocycles. The smallest absolute Gasteiger partial charge is 0.258 e. The van der Waals surface area contributed by atoms with Crippen molar-refractivity contribution in [1.82, 2.24) is 4.98 Å². The van der Waals surface area contributed by atoms with Gasteiger partial charge in [-0.05, 0) is 22.6 Å². The molecule has 0 aliphatic rings. The number of hydrogen-bond acceptors (Lipinski definition) is 3. The Kier molecular flexibility index (Phi) is 4.14. The van der Waals surface area contributed by atoms with Crippen molar-refractivity contribution in [3.63, 3.8) is 0 Å². The lowest BCUT2D eigenvalue weighted by molar-refractivity contribution is -0.386. The first-order valence-corrected chi connectivity index (χ1v) is 5.26. The topological polar surface area (TPSA) is 56.0 Å². The maximum absolute atomic E-state index is 12.4. The average Bonchev–Trinajstić information content (AvgIpc) is 2.16. The fourth-order valence-electron chi connectivity index (χ4n) is 0.957. The van der Waals surface area contributed by atoms with Crippen molar-refractivity contribution in [2.75, 3.05) is 0 Å². The molecule has 0 N–H and O–H groups in total. The van der Waals surface area contributed by atoms with Gasteiger partial charge < -0.3 is 0 Å². The molecule has 0 aliphatic carbocycles. The molecule has 0 saturated carbocycles. The Hall–Kier alpha value is -0.570. The van der Waals surface area contributed by atoms with Crippen molar-refractivity contribution < 1.29 is 13.7 Å². The zero-order chi connectivity index (χ0) is 11.6. The second-order valence-electron chi connectivity index (χ2n) is 2.53. The van der Waals surface area contributed by atoms with Crippen molar-refractivity contribution >= 4 is 39.9 Å². The lowest BCUT2D eigenvalue weighted by Gasteiger charge is -2.05. The molecule has 82 valence electrons. The molecule has 8 heteroatoms. The third kappa shape index (κ3) is 2.71. The van der Waals surface area contributed by atoms with Gasteiger partial charge in [0.15, 0.2) is 3.70 Å². The summed E-state index contributed by atoms with van der Waals surface area (Å²) in [6.45, 7) is 0. The van der Waals surface area contributed by atoms with Gasteiger partial charge in [0.05, 0.1) is 4.92 Å². The second-order valence-corrected chi connectivity index (χ2v) is 3.82. The number of rotatable bonds is 3. The Labute approximate surface area is 102 Å². The van der Waals surface area contributed by atoms with Crippen molar-refractivity contribution in [2.45, 2.75) is 12.3 Å². The number of nitro groups is 1. The van der Waals surface area contributed by atoms with E-state index in [1.54, 1.807) is 0 Å². The lowest BCUT2D eigenvalue weighted by Crippen LogP contribution is -2.03. The molecule has 0 spiro atoms. The van der Waals surface area contributed by atoms with Crippen LogP contribution in [0.5, 0.6) is 0 Å². The maximum atomic E-state index is 12.4. The van der Waals surface area contributed by atoms with E-state index in [9.17, 15) is 18.9 Å². The minimum atomic E-state index is -2.78. The van der Waals surface area contributed by atoms with Crippen LogP contribution in [0.4, 0.5) is 14.5 Å². The van der Waals surface area contributed by atoms with E-state index in [1.807, 2.05) is 0 Å². The predicted octanol–water partition coefficient (Wildman–Crippen LogP) is 3.27. The van der Waals surface area contributed by atoms with Gasteiger partial charge in [-0.15, -0.1) is 11.6 Å². The van der Waals surface area contributed by atoms with Crippen LogP contribution in [0.3, 0.4) is 0 Å². The fourth-order valence-corrected chi connectivity index (χ4v) is 1.78. The van der Waals surface area contributed by atoms with E-state index in [2.05, 4.69) is 4.98 Å². The number of aromatic nitrogens is 1. The van der Waals surface area contributed by atoms with Crippen LogP contribution in [0.15, 0.2) is 6.07 Å². The minimum Gasteiger partial charge on any atom is -0.258 e. The van der Waals surface area contributed by atoms with Gasteiger partial charge in [-0.2, -0.15) is 0 Å². The molecular formula is C7H4ClF2IN2O2. The highest BCUT2D eigenvalue weighted by molar-refractivity contribution is 14.1. The first kappa shape index (κ1) is 12.5. The molecule has 1 rings (SSSR count). The van der Waals surface area contributed by atoms with Gasteiger partial charge in [-0.3, -0.25) is 10.1 Å². The van der Waals surface area contributed by atoms with Crippen molar-refractivity contribution in [3.05, 3.63) is 31.1 Å². The highest BCUT2D eigenvalue weighted by Gasteiger charge is 2.22. The molecule has 1 aromatic rings. The summed E-state index contributed by atoms with van der Waals surface area (Å²) in [6, 6.07) is 1.03. The molecule has 1 heterocycles. The van der Waals surface area contributed by atoms with Crippen LogP contribution < -0.4 is 0 Å². The Bertz CT molecular complexity index is 403. The first-order chi connectivity index (χ1) is 6.97. The summed E-state index contributed by atoms with van der Waals surface area (Å²) in [5.41, 5.74) is -0.825. The number of pyridine rings is 1. The van der Waals surface area contributed by atoms with E-state index in [-0.39, 0.29) is 20.8 Å². The molecule has 0 atom stereocenters. The first-order valence-electron chi connectivity index (χ1n) is 3.65. The highest BCUT2D eigenvalue weighted by Crippen LogP contribution is 2.28. The molecule has 0 amide bonds. The van der Waals surface area contributed by atoms with Crippen molar-refractivity contribution in [3.8, 4) is 0 Å². The Morgan fingerprint density at radius 2 is 2.27 bits per heavy atom. The second kappa shape index (κ2) is 4.97. The van der Waals surface area contributed by atoms with Crippen LogP contribution in [0, 0.1) is 13.8 Å². The fraction of sp³-hybridized carbons (Fsp3) is 0.286. The normalized spacial score (nSPS) is 10.7. The molecule has 1 aromatic heterocycles. The van der Waals surface area contributed by atoms with Crippen LogP contribution in [0.2, 0.25) is 0 Å². The van der Waals surface area contributed by atoms with Crippen LogP contribution in [0.25, 0.3) is 0 Å². The largest absolute Gasteiger partial charge is 0.301 e. The molecule has 0 aliphatic heterocycles. The standard InChI is InChI=1S/C7H4ClF2IN2O2/c8-2-3-1-4(13(14)15)7(11)12-5(3)6(9)10/h1,6H,2H2. The Balaban J connectivity index is 3.35. The lowest BCUT2D eigenvalue weighted by atomic mass is 10.2. The molecule has 0 saturated heterocycles. The van der Waals surface area contributed by atoms with Crippen LogP contribution >= 0.6 is 34.2 Å². The number of nitrogens with zero attached hydrogens (tertiary/aromatic N) is 2. The summed E-state index contributed by atoms with van der Waals surface area (Å²) in [5, 5.41) is 10.5. The van der Waals surface area contributed by atoms with E-state index < -0.39 is 17.0 Å². The van der Waals surface area contributed by atoms with Crippen LogP contribution in [-0.4, -0.2) is 9.91 Å². The minimum absolute atomic E-state index is 0.0150. The Morgan fingerprint density at radius 1 is 1.67 bits per heavy atom. The molecular weight excluding hydrogens is 344 g/mol. The van der Waals surface area contributed by atoms with Crippen molar-refractivity contribution in [2.24, 2.45) is 0 Å². The van der Waals surface area contributed by atoms with Crippen molar-refractivity contribution in [1.29, 1.82) is 0 Å².